The van der Waals surface area contributed by atoms with Gasteiger partial charge in [-0.05, 0) is 66.7 Å². The van der Waals surface area contributed by atoms with Gasteiger partial charge in [-0.2, -0.15) is 0 Å². The first kappa shape index (κ1) is 19.4. The Balaban J connectivity index is 1.72. The van der Waals surface area contributed by atoms with Gasteiger partial charge in [-0.1, -0.05) is 23.2 Å². The molecule has 1 atom stereocenters. The first-order valence-electron chi connectivity index (χ1n) is 7.58. The van der Waals surface area contributed by atoms with E-state index >= 15 is 0 Å². The number of rotatable bonds is 6. The second kappa shape index (κ2) is 8.54. The Morgan fingerprint density at radius 2 is 1.41 bits per heavy atom. The fourth-order valence-electron chi connectivity index (χ4n) is 2.28. The number of hydrogen-bond donors (Lipinski definition) is 0. The van der Waals surface area contributed by atoms with Gasteiger partial charge in [0, 0.05) is 16.1 Å². The number of ketones is 1. The lowest BCUT2D eigenvalue weighted by Gasteiger charge is -2.09. The van der Waals surface area contributed by atoms with E-state index in [4.69, 9.17) is 27.9 Å². The van der Waals surface area contributed by atoms with Crippen LogP contribution >= 0.6 is 23.2 Å². The van der Waals surface area contributed by atoms with E-state index in [1.165, 1.54) is 18.2 Å². The van der Waals surface area contributed by atoms with Crippen molar-refractivity contribution in [3.05, 3.63) is 87.9 Å². The normalized spacial score (nSPS) is 11.7. The lowest BCUT2D eigenvalue weighted by atomic mass is 10.0. The van der Waals surface area contributed by atoms with Gasteiger partial charge in [0.2, 0.25) is 0 Å². The van der Waals surface area contributed by atoms with Gasteiger partial charge in [-0.25, -0.2) is 4.21 Å². The summed E-state index contributed by atoms with van der Waals surface area (Å²) < 4.78 is 31.1. The van der Waals surface area contributed by atoms with E-state index in [1.807, 2.05) is 0 Å². The Kier molecular flexibility index (Phi) is 6.13. The van der Waals surface area contributed by atoms with Crippen molar-refractivity contribution in [3.63, 3.8) is 0 Å². The van der Waals surface area contributed by atoms with E-state index in [2.05, 4.69) is 4.18 Å². The first-order chi connectivity index (χ1) is 12.9. The number of halogens is 2. The number of hydrogen-bond acceptors (Lipinski definition) is 5. The molecule has 138 valence electrons. The second-order valence-corrected chi connectivity index (χ2v) is 6.76. The predicted octanol–water partition coefficient (Wildman–Crippen LogP) is 5.19. The van der Waals surface area contributed by atoms with Crippen molar-refractivity contribution in [2.45, 2.75) is 0 Å². The van der Waals surface area contributed by atoms with Crippen LogP contribution in [0.25, 0.3) is 0 Å². The maximum Gasteiger partial charge on any atom is 0.194 e. The Morgan fingerprint density at radius 1 is 0.852 bits per heavy atom. The molecule has 0 amide bonds. The van der Waals surface area contributed by atoms with Gasteiger partial charge in [0.25, 0.3) is 0 Å². The summed E-state index contributed by atoms with van der Waals surface area (Å²) in [7, 11) is 0. The van der Waals surface area contributed by atoms with Gasteiger partial charge in [-0.3, -0.25) is 4.79 Å². The molecule has 27 heavy (non-hydrogen) atoms. The van der Waals surface area contributed by atoms with Crippen molar-refractivity contribution in [1.82, 2.24) is 0 Å². The third kappa shape index (κ3) is 5.08. The molecule has 0 N–H and O–H groups in total. The largest absolute Gasteiger partial charge is 0.740 e. The van der Waals surface area contributed by atoms with Gasteiger partial charge in [0.15, 0.2) is 5.78 Å². The highest BCUT2D eigenvalue weighted by atomic mass is 35.5. The van der Waals surface area contributed by atoms with Gasteiger partial charge in [0.1, 0.15) is 28.6 Å². The second-order valence-electron chi connectivity index (χ2n) is 5.34. The molecule has 0 aliphatic rings. The molecular formula is C19H11Cl2O5S-. The fourth-order valence-corrected chi connectivity index (χ4v) is 2.92. The highest BCUT2D eigenvalue weighted by Gasteiger charge is 2.13. The van der Waals surface area contributed by atoms with Crippen LogP contribution < -0.4 is 8.92 Å². The van der Waals surface area contributed by atoms with Crippen LogP contribution in [-0.4, -0.2) is 14.5 Å². The monoisotopic (exact) mass is 421 g/mol. The number of carbonyl (C=O) groups excluding carboxylic acids is 1. The average Bonchev–Trinajstić information content (AvgIpc) is 2.65. The zero-order valence-electron chi connectivity index (χ0n) is 13.6. The summed E-state index contributed by atoms with van der Waals surface area (Å²) in [6.07, 6.45) is 0. The Labute approximate surface area is 167 Å². The van der Waals surface area contributed by atoms with Crippen LogP contribution in [0.2, 0.25) is 10.0 Å². The first-order valence-corrected chi connectivity index (χ1v) is 9.33. The topological polar surface area (TPSA) is 75.7 Å². The molecule has 0 heterocycles. The van der Waals surface area contributed by atoms with Crippen LogP contribution in [-0.2, 0) is 11.4 Å². The van der Waals surface area contributed by atoms with Gasteiger partial charge in [0.05, 0.1) is 5.02 Å². The minimum absolute atomic E-state index is 0.176. The fraction of sp³-hybridized carbons (Fsp3) is 0. The molecule has 0 aliphatic heterocycles. The standard InChI is InChI=1S/C19H12Cl2O5S/c20-13-3-10-18(21)17(11-13)19(22)12-1-4-14(5-2-12)25-15-6-8-16(9-7-15)26-27(23)24/h1-11H,(H,23,24)/p-1. The molecule has 1 unspecified atom stereocenters. The summed E-state index contributed by atoms with van der Waals surface area (Å²) in [6.45, 7) is 0. The molecule has 0 radical (unpaired) electrons. The Bertz CT molecular complexity index is 988. The number of benzene rings is 3. The maximum absolute atomic E-state index is 12.6. The van der Waals surface area contributed by atoms with E-state index in [-0.39, 0.29) is 11.5 Å². The summed E-state index contributed by atoms with van der Waals surface area (Å²) in [5.41, 5.74) is 0.761. The quantitative estimate of drug-likeness (QED) is 0.404. The molecular weight excluding hydrogens is 411 g/mol. The SMILES string of the molecule is O=C(c1ccc(Oc2ccc(OS(=O)[O-])cc2)cc1)c1cc(Cl)ccc1Cl. The summed E-state index contributed by atoms with van der Waals surface area (Å²) in [4.78, 5) is 12.6. The molecule has 0 fully saturated rings. The molecule has 0 saturated carbocycles. The smallest absolute Gasteiger partial charge is 0.194 e. The van der Waals surface area contributed by atoms with E-state index in [0.717, 1.165) is 0 Å². The third-order valence-corrected chi connectivity index (χ3v) is 4.41. The zero-order valence-corrected chi connectivity index (χ0v) is 15.9. The van der Waals surface area contributed by atoms with Crippen molar-refractivity contribution >= 4 is 40.3 Å². The highest BCUT2D eigenvalue weighted by molar-refractivity contribution is 7.74. The van der Waals surface area contributed by atoms with Crippen molar-refractivity contribution in [1.29, 1.82) is 0 Å². The van der Waals surface area contributed by atoms with Crippen LogP contribution in [0.4, 0.5) is 0 Å². The summed E-state index contributed by atoms with van der Waals surface area (Å²) >= 11 is 9.37. The summed E-state index contributed by atoms with van der Waals surface area (Å²) in [5.74, 6) is 0.914. The molecule has 8 heteroatoms. The summed E-state index contributed by atoms with van der Waals surface area (Å²) in [6, 6.07) is 17.3. The lowest BCUT2D eigenvalue weighted by Crippen LogP contribution is -2.02. The molecule has 3 rings (SSSR count). The predicted molar refractivity (Wildman–Crippen MR) is 102 cm³/mol. The van der Waals surface area contributed by atoms with Crippen LogP contribution in [0, 0.1) is 0 Å². The minimum atomic E-state index is -2.63. The van der Waals surface area contributed by atoms with Gasteiger partial charge >= 0.3 is 0 Å². The minimum Gasteiger partial charge on any atom is -0.740 e. The molecule has 3 aromatic rings. The van der Waals surface area contributed by atoms with E-state index < -0.39 is 11.4 Å². The average molecular weight is 422 g/mol. The highest BCUT2D eigenvalue weighted by Crippen LogP contribution is 2.27. The van der Waals surface area contributed by atoms with E-state index in [0.29, 0.717) is 32.7 Å². The Hall–Kier alpha value is -2.38. The van der Waals surface area contributed by atoms with Crippen molar-refractivity contribution < 1.29 is 22.5 Å². The summed E-state index contributed by atoms with van der Waals surface area (Å²) in [5, 5.41) is 0.752. The van der Waals surface area contributed by atoms with Crippen molar-refractivity contribution in [2.75, 3.05) is 0 Å². The van der Waals surface area contributed by atoms with E-state index in [1.54, 1.807) is 48.5 Å². The van der Waals surface area contributed by atoms with Crippen molar-refractivity contribution in [2.24, 2.45) is 0 Å². The third-order valence-electron chi connectivity index (χ3n) is 3.51. The molecule has 0 aliphatic carbocycles. The molecule has 3 aromatic carbocycles. The van der Waals surface area contributed by atoms with Crippen LogP contribution in [0.5, 0.6) is 17.2 Å². The zero-order chi connectivity index (χ0) is 19.4. The molecule has 5 nitrogen and oxygen atoms in total. The number of ether oxygens (including phenoxy) is 1. The lowest BCUT2D eigenvalue weighted by molar-refractivity contribution is 0.103. The maximum atomic E-state index is 12.6. The van der Waals surface area contributed by atoms with Crippen LogP contribution in [0.3, 0.4) is 0 Å². The molecule has 0 spiro atoms. The van der Waals surface area contributed by atoms with E-state index in [9.17, 15) is 13.6 Å². The van der Waals surface area contributed by atoms with Crippen LogP contribution in [0.1, 0.15) is 15.9 Å². The van der Waals surface area contributed by atoms with Gasteiger partial charge in [-0.15, -0.1) is 0 Å². The van der Waals surface area contributed by atoms with Crippen molar-refractivity contribution in [3.8, 4) is 17.2 Å². The van der Waals surface area contributed by atoms with Crippen LogP contribution in [0.15, 0.2) is 66.7 Å². The molecule has 0 bridgehead atoms. The molecule has 0 saturated heterocycles. The van der Waals surface area contributed by atoms with Gasteiger partial charge < -0.3 is 13.5 Å². The molecule has 0 aromatic heterocycles. The number of carbonyl (C=O) groups is 1. The Morgan fingerprint density at radius 3 is 2.00 bits per heavy atom.